The molecule has 0 saturated carbocycles. The van der Waals surface area contributed by atoms with Crippen LogP contribution in [0, 0.1) is 5.82 Å². The van der Waals surface area contributed by atoms with Crippen LogP contribution >= 0.6 is 0 Å². The molecule has 0 aliphatic carbocycles. The predicted molar refractivity (Wildman–Crippen MR) is 117 cm³/mol. The largest absolute Gasteiger partial charge is 0.379 e. The van der Waals surface area contributed by atoms with Crippen molar-refractivity contribution in [2.24, 2.45) is 0 Å². The summed E-state index contributed by atoms with van der Waals surface area (Å²) in [6, 6.07) is 20.0. The minimum atomic E-state index is -4.10. The van der Waals surface area contributed by atoms with Gasteiger partial charge in [0.05, 0.1) is 0 Å². The fraction of sp³-hybridized carbons (Fsp3) is 0.208. The summed E-state index contributed by atoms with van der Waals surface area (Å²) in [5.74, 6) is -0.507. The Labute approximate surface area is 182 Å². The number of benzene rings is 3. The van der Waals surface area contributed by atoms with Gasteiger partial charge in [-0.3, -0.25) is 4.79 Å². The van der Waals surface area contributed by atoms with E-state index < -0.39 is 15.9 Å². The van der Waals surface area contributed by atoms with Gasteiger partial charge in [0.2, 0.25) is 0 Å². The Balaban J connectivity index is 1.82. The van der Waals surface area contributed by atoms with E-state index in [1.165, 1.54) is 6.07 Å². The highest BCUT2D eigenvalue weighted by Crippen LogP contribution is 2.22. The van der Waals surface area contributed by atoms with Crippen molar-refractivity contribution >= 4 is 16.0 Å². The molecule has 1 amide bonds. The molecule has 31 heavy (non-hydrogen) atoms. The van der Waals surface area contributed by atoms with Crippen LogP contribution in [0.5, 0.6) is 5.75 Å². The minimum absolute atomic E-state index is 0.0137. The van der Waals surface area contributed by atoms with Crippen LogP contribution in [0.2, 0.25) is 0 Å². The maximum atomic E-state index is 13.1. The number of halogens is 1. The van der Waals surface area contributed by atoms with Crippen LogP contribution < -0.4 is 4.18 Å². The van der Waals surface area contributed by atoms with Crippen molar-refractivity contribution in [1.82, 2.24) is 4.90 Å². The molecule has 0 saturated heterocycles. The summed E-state index contributed by atoms with van der Waals surface area (Å²) in [6.45, 7) is 4.28. The summed E-state index contributed by atoms with van der Waals surface area (Å²) in [4.78, 5) is 14.7. The second kappa shape index (κ2) is 9.75. The van der Waals surface area contributed by atoms with Gasteiger partial charge in [-0.25, -0.2) is 4.39 Å². The van der Waals surface area contributed by atoms with Gasteiger partial charge in [-0.15, -0.1) is 0 Å². The number of nitrogens with zero attached hydrogens (tertiary/aromatic N) is 1. The summed E-state index contributed by atoms with van der Waals surface area (Å²) < 4.78 is 43.3. The topological polar surface area (TPSA) is 63.7 Å². The third-order valence-electron chi connectivity index (χ3n) is 4.96. The van der Waals surface area contributed by atoms with E-state index in [0.717, 1.165) is 36.2 Å². The molecule has 0 spiro atoms. The van der Waals surface area contributed by atoms with Crippen LogP contribution in [0.1, 0.15) is 36.2 Å². The van der Waals surface area contributed by atoms with Crippen molar-refractivity contribution < 1.29 is 21.8 Å². The van der Waals surface area contributed by atoms with Crippen LogP contribution in [0.15, 0.2) is 83.8 Å². The summed E-state index contributed by atoms with van der Waals surface area (Å²) in [7, 11) is -4.10. The van der Waals surface area contributed by atoms with Crippen LogP contribution in [-0.2, 0) is 16.7 Å². The zero-order chi connectivity index (χ0) is 22.4. The molecule has 1 unspecified atom stereocenters. The number of hydrogen-bond donors (Lipinski definition) is 0. The van der Waals surface area contributed by atoms with Crippen molar-refractivity contribution in [3.8, 4) is 5.75 Å². The lowest BCUT2D eigenvalue weighted by Crippen LogP contribution is -2.37. The van der Waals surface area contributed by atoms with E-state index in [2.05, 4.69) is 0 Å². The molecule has 0 aromatic heterocycles. The predicted octanol–water partition coefficient (Wildman–Crippen LogP) is 5.03. The highest BCUT2D eigenvalue weighted by Gasteiger charge is 2.22. The first-order valence-electron chi connectivity index (χ1n) is 9.95. The van der Waals surface area contributed by atoms with Crippen LogP contribution in [0.3, 0.4) is 0 Å². The van der Waals surface area contributed by atoms with E-state index in [0.29, 0.717) is 12.1 Å². The first-order chi connectivity index (χ1) is 14.8. The van der Waals surface area contributed by atoms with Gasteiger partial charge < -0.3 is 9.08 Å². The average molecular weight is 442 g/mol. The fourth-order valence-electron chi connectivity index (χ4n) is 3.06. The molecule has 162 valence electrons. The molecule has 3 aromatic carbocycles. The molecule has 1 atom stereocenters. The molecule has 3 aromatic rings. The summed E-state index contributed by atoms with van der Waals surface area (Å²) >= 11 is 0. The molecule has 0 aliphatic rings. The molecular weight excluding hydrogens is 417 g/mol. The third kappa shape index (κ3) is 5.70. The van der Waals surface area contributed by atoms with E-state index >= 15 is 0 Å². The lowest BCUT2D eigenvalue weighted by atomic mass is 10.1. The first-order valence-corrected chi connectivity index (χ1v) is 11.4. The van der Waals surface area contributed by atoms with Crippen molar-refractivity contribution in [1.29, 1.82) is 0 Å². The lowest BCUT2D eigenvalue weighted by molar-refractivity contribution is 0.0671. The number of carbonyl (C=O) groups excluding carboxylic acids is 1. The van der Waals surface area contributed by atoms with Gasteiger partial charge in [-0.05, 0) is 67.4 Å². The summed E-state index contributed by atoms with van der Waals surface area (Å²) in [5, 5.41) is 0. The zero-order valence-corrected chi connectivity index (χ0v) is 18.2. The maximum absolute atomic E-state index is 13.1. The quantitative estimate of drug-likeness (QED) is 0.460. The van der Waals surface area contributed by atoms with E-state index in [4.69, 9.17) is 4.18 Å². The van der Waals surface area contributed by atoms with Crippen molar-refractivity contribution in [3.05, 3.63) is 95.8 Å². The Morgan fingerprint density at radius 3 is 2.32 bits per heavy atom. The molecule has 0 heterocycles. The average Bonchev–Trinajstić information content (AvgIpc) is 2.77. The number of amides is 1. The van der Waals surface area contributed by atoms with Crippen molar-refractivity contribution in [2.75, 3.05) is 0 Å². The van der Waals surface area contributed by atoms with Gasteiger partial charge in [-0.1, -0.05) is 37.3 Å². The Hall–Kier alpha value is -3.19. The molecule has 0 aliphatic heterocycles. The summed E-state index contributed by atoms with van der Waals surface area (Å²) in [6.07, 6.45) is 0.772. The SMILES string of the molecule is CCC(C)N(Cc1cccc(OS(=O)(=O)c2ccc(F)cc2)c1)C(=O)c1ccccc1. The monoisotopic (exact) mass is 441 g/mol. The molecule has 0 radical (unpaired) electrons. The Morgan fingerprint density at radius 1 is 1.00 bits per heavy atom. The Kier molecular flexibility index (Phi) is 7.07. The molecule has 3 rings (SSSR count). The standard InChI is InChI=1S/C24H24FNO4S/c1-3-18(2)26(24(27)20-9-5-4-6-10-20)17-19-8-7-11-22(16-19)30-31(28,29)23-14-12-21(25)13-15-23/h4-16,18H,3,17H2,1-2H3. The molecule has 0 bridgehead atoms. The lowest BCUT2D eigenvalue weighted by Gasteiger charge is -2.29. The highest BCUT2D eigenvalue weighted by atomic mass is 32.2. The highest BCUT2D eigenvalue weighted by molar-refractivity contribution is 7.87. The second-order valence-electron chi connectivity index (χ2n) is 7.20. The van der Waals surface area contributed by atoms with Gasteiger partial charge in [0, 0.05) is 18.2 Å². The molecule has 0 N–H and O–H groups in total. The van der Waals surface area contributed by atoms with Gasteiger partial charge in [0.25, 0.3) is 5.91 Å². The number of hydrogen-bond acceptors (Lipinski definition) is 4. The van der Waals surface area contributed by atoms with E-state index in [1.807, 2.05) is 38.1 Å². The van der Waals surface area contributed by atoms with Crippen LogP contribution in [-0.4, -0.2) is 25.3 Å². The number of rotatable bonds is 8. The smallest absolute Gasteiger partial charge is 0.339 e. The van der Waals surface area contributed by atoms with Crippen LogP contribution in [0.25, 0.3) is 0 Å². The van der Waals surface area contributed by atoms with E-state index in [1.54, 1.807) is 29.2 Å². The minimum Gasteiger partial charge on any atom is -0.379 e. The van der Waals surface area contributed by atoms with Crippen LogP contribution in [0.4, 0.5) is 4.39 Å². The number of carbonyl (C=O) groups is 1. The second-order valence-corrected chi connectivity index (χ2v) is 8.74. The van der Waals surface area contributed by atoms with Crippen molar-refractivity contribution in [3.63, 3.8) is 0 Å². The summed E-state index contributed by atoms with van der Waals surface area (Å²) in [5.41, 5.74) is 1.32. The fourth-order valence-corrected chi connectivity index (χ4v) is 3.99. The third-order valence-corrected chi connectivity index (χ3v) is 6.23. The zero-order valence-electron chi connectivity index (χ0n) is 17.4. The molecule has 0 fully saturated rings. The Bertz CT molecular complexity index is 1130. The molecule has 5 nitrogen and oxygen atoms in total. The van der Waals surface area contributed by atoms with Gasteiger partial charge in [-0.2, -0.15) is 8.42 Å². The van der Waals surface area contributed by atoms with E-state index in [-0.39, 0.29) is 22.6 Å². The molecule has 7 heteroatoms. The molecular formula is C24H24FNO4S. The van der Waals surface area contributed by atoms with E-state index in [9.17, 15) is 17.6 Å². The van der Waals surface area contributed by atoms with Gasteiger partial charge >= 0.3 is 10.1 Å². The van der Waals surface area contributed by atoms with Gasteiger partial charge in [0.15, 0.2) is 0 Å². The normalized spacial score (nSPS) is 12.2. The van der Waals surface area contributed by atoms with Gasteiger partial charge in [0.1, 0.15) is 16.5 Å². The first kappa shape index (κ1) is 22.5. The van der Waals surface area contributed by atoms with Crippen molar-refractivity contribution in [2.45, 2.75) is 37.8 Å². The Morgan fingerprint density at radius 2 is 1.68 bits per heavy atom. The maximum Gasteiger partial charge on any atom is 0.339 e.